The van der Waals surface area contributed by atoms with E-state index in [0.717, 1.165) is 26.2 Å². The minimum Gasteiger partial charge on any atom is -0.372 e. The highest BCUT2D eigenvalue weighted by Crippen LogP contribution is 2.34. The van der Waals surface area contributed by atoms with Crippen LogP contribution in [0.1, 0.15) is 38.2 Å². The molecule has 1 aromatic heterocycles. The third-order valence-electron chi connectivity index (χ3n) is 4.91. The summed E-state index contributed by atoms with van der Waals surface area (Å²) in [6, 6.07) is 6.95. The molecule has 0 radical (unpaired) electrons. The number of aromatic nitrogens is 1. The summed E-state index contributed by atoms with van der Waals surface area (Å²) < 4.78 is 2.29. The van der Waals surface area contributed by atoms with Gasteiger partial charge in [-0.15, -0.1) is 0 Å². The number of nitrogens with one attached hydrogen (secondary N) is 1. The van der Waals surface area contributed by atoms with Gasteiger partial charge in [0.2, 0.25) is 0 Å². The Morgan fingerprint density at radius 1 is 1.19 bits per heavy atom. The topological polar surface area (TPSA) is 20.2 Å². The monoisotopic (exact) mass is 285 g/mol. The van der Waals surface area contributed by atoms with Crippen LogP contribution in [0, 0.1) is 0 Å². The zero-order valence-corrected chi connectivity index (χ0v) is 13.5. The van der Waals surface area contributed by atoms with Crippen molar-refractivity contribution in [2.24, 2.45) is 7.05 Å². The van der Waals surface area contributed by atoms with Crippen molar-refractivity contribution in [2.75, 3.05) is 31.1 Å². The maximum Gasteiger partial charge on any atom is 0.0482 e. The molecule has 1 saturated heterocycles. The van der Waals surface area contributed by atoms with E-state index in [1.54, 1.807) is 5.56 Å². The molecule has 1 N–H and O–H groups in total. The third kappa shape index (κ3) is 2.67. The molecule has 2 aromatic rings. The van der Waals surface area contributed by atoms with Crippen molar-refractivity contribution in [3.63, 3.8) is 0 Å². The van der Waals surface area contributed by atoms with Crippen LogP contribution in [0.2, 0.25) is 0 Å². The number of hydrogen-bond acceptors (Lipinski definition) is 2. The number of anilines is 1. The fourth-order valence-corrected chi connectivity index (χ4v) is 3.65. The summed E-state index contributed by atoms with van der Waals surface area (Å²) in [7, 11) is 2.17. The predicted octanol–water partition coefficient (Wildman–Crippen LogP) is 3.49. The minimum atomic E-state index is 0.710. The van der Waals surface area contributed by atoms with E-state index in [2.05, 4.69) is 60.1 Å². The van der Waals surface area contributed by atoms with E-state index < -0.39 is 0 Å². The number of nitrogens with zero attached hydrogens (tertiary/aromatic N) is 2. The van der Waals surface area contributed by atoms with E-state index in [9.17, 15) is 0 Å². The van der Waals surface area contributed by atoms with Gasteiger partial charge in [-0.25, -0.2) is 0 Å². The summed E-state index contributed by atoms with van der Waals surface area (Å²) in [6.07, 6.45) is 4.87. The van der Waals surface area contributed by atoms with Crippen molar-refractivity contribution < 1.29 is 0 Å². The number of piperidine rings is 1. The van der Waals surface area contributed by atoms with Crippen LogP contribution < -0.4 is 10.2 Å². The Balaban J connectivity index is 2.05. The number of fused-ring (bicyclic) bond motifs is 1. The molecule has 0 aliphatic carbocycles. The van der Waals surface area contributed by atoms with Crippen LogP contribution in [0.25, 0.3) is 10.9 Å². The van der Waals surface area contributed by atoms with Gasteiger partial charge in [-0.3, -0.25) is 0 Å². The second kappa shape index (κ2) is 6.10. The van der Waals surface area contributed by atoms with Gasteiger partial charge in [-0.1, -0.05) is 0 Å². The van der Waals surface area contributed by atoms with Gasteiger partial charge in [-0.05, 0) is 69.5 Å². The summed E-state index contributed by atoms with van der Waals surface area (Å²) in [6.45, 7) is 8.89. The Hall–Kier alpha value is -1.48. The van der Waals surface area contributed by atoms with E-state index in [0.29, 0.717) is 5.92 Å². The smallest absolute Gasteiger partial charge is 0.0482 e. The van der Waals surface area contributed by atoms with E-state index in [1.165, 1.54) is 29.4 Å². The van der Waals surface area contributed by atoms with E-state index in [-0.39, 0.29) is 0 Å². The zero-order valence-electron chi connectivity index (χ0n) is 13.5. The van der Waals surface area contributed by atoms with Crippen molar-refractivity contribution in [3.05, 3.63) is 30.0 Å². The first kappa shape index (κ1) is 14.5. The molecule has 1 aromatic carbocycles. The average Bonchev–Trinajstić information content (AvgIpc) is 2.86. The standard InChI is InChI=1S/C18H27N3/c1-4-21(5-2)15-6-7-18-16(12-15)17(13-20(18)3)14-8-10-19-11-9-14/h6-7,12-14,19H,4-5,8-11H2,1-3H3. The average molecular weight is 285 g/mol. The van der Waals surface area contributed by atoms with Crippen molar-refractivity contribution in [1.82, 2.24) is 9.88 Å². The quantitative estimate of drug-likeness (QED) is 0.928. The van der Waals surface area contributed by atoms with E-state index in [4.69, 9.17) is 0 Å². The fraction of sp³-hybridized carbons (Fsp3) is 0.556. The van der Waals surface area contributed by atoms with Gasteiger partial charge in [0, 0.05) is 42.9 Å². The first-order valence-corrected chi connectivity index (χ1v) is 8.29. The number of rotatable bonds is 4. The molecule has 0 amide bonds. The van der Waals surface area contributed by atoms with Gasteiger partial charge in [0.25, 0.3) is 0 Å². The zero-order chi connectivity index (χ0) is 14.8. The van der Waals surface area contributed by atoms with Crippen LogP contribution in [0.3, 0.4) is 0 Å². The van der Waals surface area contributed by atoms with Crippen LogP contribution in [-0.4, -0.2) is 30.7 Å². The maximum atomic E-state index is 3.47. The number of aryl methyl sites for hydroxylation is 1. The molecule has 3 nitrogen and oxygen atoms in total. The normalized spacial score (nSPS) is 16.5. The Labute approximate surface area is 127 Å². The summed E-state index contributed by atoms with van der Waals surface area (Å²) in [5.74, 6) is 0.710. The molecule has 3 rings (SSSR count). The molecular weight excluding hydrogens is 258 g/mol. The fourth-order valence-electron chi connectivity index (χ4n) is 3.65. The van der Waals surface area contributed by atoms with Crippen LogP contribution in [0.15, 0.2) is 24.4 Å². The highest BCUT2D eigenvalue weighted by Gasteiger charge is 2.20. The van der Waals surface area contributed by atoms with Crippen LogP contribution in [0.4, 0.5) is 5.69 Å². The molecule has 0 saturated carbocycles. The van der Waals surface area contributed by atoms with E-state index in [1.807, 2.05) is 0 Å². The van der Waals surface area contributed by atoms with Crippen LogP contribution >= 0.6 is 0 Å². The van der Waals surface area contributed by atoms with Crippen molar-refractivity contribution in [1.29, 1.82) is 0 Å². The van der Waals surface area contributed by atoms with Gasteiger partial charge in [0.05, 0.1) is 0 Å². The lowest BCUT2D eigenvalue weighted by molar-refractivity contribution is 0.462. The molecule has 1 aliphatic rings. The molecule has 1 aliphatic heterocycles. The largest absolute Gasteiger partial charge is 0.372 e. The molecule has 21 heavy (non-hydrogen) atoms. The lowest BCUT2D eigenvalue weighted by atomic mass is 9.90. The van der Waals surface area contributed by atoms with E-state index >= 15 is 0 Å². The second-order valence-corrected chi connectivity index (χ2v) is 6.09. The van der Waals surface area contributed by atoms with Crippen molar-refractivity contribution in [3.8, 4) is 0 Å². The SMILES string of the molecule is CCN(CC)c1ccc2c(c1)c(C1CCNCC1)cn2C. The van der Waals surface area contributed by atoms with Crippen LogP contribution in [0.5, 0.6) is 0 Å². The summed E-state index contributed by atoms with van der Waals surface area (Å²) >= 11 is 0. The molecule has 0 spiro atoms. The number of hydrogen-bond donors (Lipinski definition) is 1. The molecule has 114 valence electrons. The minimum absolute atomic E-state index is 0.710. The summed E-state index contributed by atoms with van der Waals surface area (Å²) in [5.41, 5.74) is 4.26. The first-order chi connectivity index (χ1) is 10.2. The number of benzene rings is 1. The molecule has 2 heterocycles. The predicted molar refractivity (Wildman–Crippen MR) is 91.3 cm³/mol. The summed E-state index contributed by atoms with van der Waals surface area (Å²) in [5, 5.41) is 4.92. The van der Waals surface area contributed by atoms with Gasteiger partial charge in [0.1, 0.15) is 0 Å². The van der Waals surface area contributed by atoms with Crippen LogP contribution in [-0.2, 0) is 7.05 Å². The Morgan fingerprint density at radius 2 is 1.90 bits per heavy atom. The van der Waals surface area contributed by atoms with Crippen molar-refractivity contribution >= 4 is 16.6 Å². The van der Waals surface area contributed by atoms with Crippen molar-refractivity contribution in [2.45, 2.75) is 32.6 Å². The third-order valence-corrected chi connectivity index (χ3v) is 4.91. The highest BCUT2D eigenvalue weighted by atomic mass is 15.1. The Morgan fingerprint density at radius 3 is 2.57 bits per heavy atom. The highest BCUT2D eigenvalue weighted by molar-refractivity contribution is 5.88. The van der Waals surface area contributed by atoms with Gasteiger partial charge in [-0.2, -0.15) is 0 Å². The molecule has 0 bridgehead atoms. The Bertz CT molecular complexity index is 604. The molecule has 0 unspecified atom stereocenters. The lowest BCUT2D eigenvalue weighted by Gasteiger charge is -2.23. The molecule has 3 heteroatoms. The first-order valence-electron chi connectivity index (χ1n) is 8.29. The molecular formula is C18H27N3. The summed E-state index contributed by atoms with van der Waals surface area (Å²) in [4.78, 5) is 2.43. The second-order valence-electron chi connectivity index (χ2n) is 6.09. The maximum absolute atomic E-state index is 3.47. The molecule has 0 atom stereocenters. The lowest BCUT2D eigenvalue weighted by Crippen LogP contribution is -2.26. The molecule has 1 fully saturated rings. The van der Waals surface area contributed by atoms with Gasteiger partial charge < -0.3 is 14.8 Å². The van der Waals surface area contributed by atoms with Gasteiger partial charge in [0.15, 0.2) is 0 Å². The van der Waals surface area contributed by atoms with Gasteiger partial charge >= 0.3 is 0 Å². The Kier molecular flexibility index (Phi) is 4.20.